The number of hydrogen-bond acceptors (Lipinski definition) is 4. The highest BCUT2D eigenvalue weighted by atomic mass is 16.2. The minimum atomic E-state index is -0.246. The number of hydrogen-bond donors (Lipinski definition) is 1. The summed E-state index contributed by atoms with van der Waals surface area (Å²) in [5, 5.41) is 4.51. The normalized spacial score (nSPS) is 10.8. The van der Waals surface area contributed by atoms with Crippen LogP contribution in [0.15, 0.2) is 42.5 Å². The predicted octanol–water partition coefficient (Wildman–Crippen LogP) is 4.45. The van der Waals surface area contributed by atoms with Crippen LogP contribution in [0.1, 0.15) is 36.7 Å². The summed E-state index contributed by atoms with van der Waals surface area (Å²) in [7, 11) is 0. The Labute approximate surface area is 170 Å². The van der Waals surface area contributed by atoms with Crippen LogP contribution in [0.25, 0.3) is 22.4 Å². The molecule has 6 nitrogen and oxygen atoms in total. The number of carbonyl (C=O) groups excluding carboxylic acids is 2. The number of rotatable bonds is 4. The Bertz CT molecular complexity index is 1100. The smallest absolute Gasteiger partial charge is 0.245 e. The van der Waals surface area contributed by atoms with E-state index in [4.69, 9.17) is 5.73 Å². The lowest BCUT2D eigenvalue weighted by atomic mass is 9.97. The number of nitrogens with two attached hydrogens (primary N) is 1. The van der Waals surface area contributed by atoms with Crippen LogP contribution in [0.3, 0.4) is 0 Å². The molecule has 3 aromatic rings. The maximum absolute atomic E-state index is 12.1. The summed E-state index contributed by atoms with van der Waals surface area (Å²) in [5.74, 6) is 0.0533. The van der Waals surface area contributed by atoms with Gasteiger partial charge in [0.15, 0.2) is 0 Å². The second-order valence-corrected chi connectivity index (χ2v) is 7.17. The fourth-order valence-electron chi connectivity index (χ4n) is 3.63. The van der Waals surface area contributed by atoms with Crippen molar-refractivity contribution in [3.8, 4) is 22.4 Å². The van der Waals surface area contributed by atoms with Crippen LogP contribution < -0.4 is 10.6 Å². The van der Waals surface area contributed by atoms with E-state index in [2.05, 4.69) is 5.10 Å². The number of amides is 1. The molecule has 2 aromatic carbocycles. The highest BCUT2D eigenvalue weighted by molar-refractivity contribution is 5.95. The fraction of sp³-hybridized carbons (Fsp3) is 0.261. The summed E-state index contributed by atoms with van der Waals surface area (Å²) < 4.78 is 1.24. The Hall–Kier alpha value is -3.41. The van der Waals surface area contributed by atoms with Gasteiger partial charge in [-0.2, -0.15) is 9.78 Å². The van der Waals surface area contributed by atoms with Crippen LogP contribution >= 0.6 is 0 Å². The van der Waals surface area contributed by atoms with E-state index in [0.29, 0.717) is 23.6 Å². The first kappa shape index (κ1) is 20.3. The highest BCUT2D eigenvalue weighted by Gasteiger charge is 2.22. The van der Waals surface area contributed by atoms with Gasteiger partial charge in [0, 0.05) is 31.6 Å². The number of nitrogen functional groups attached to an aromatic ring is 1. The van der Waals surface area contributed by atoms with E-state index in [9.17, 15) is 9.59 Å². The lowest BCUT2D eigenvalue weighted by molar-refractivity contribution is -0.116. The SMILES string of the molecule is CCN(C(C)=O)c1ccc(-c2c(-c3cccc(C)c3)nn(C(C)=O)c2N)cc1C. The lowest BCUT2D eigenvalue weighted by Crippen LogP contribution is -2.28. The summed E-state index contributed by atoms with van der Waals surface area (Å²) in [6, 6.07) is 13.8. The van der Waals surface area contributed by atoms with Crippen LogP contribution in [0.4, 0.5) is 11.5 Å². The average Bonchev–Trinajstić information content (AvgIpc) is 3.01. The van der Waals surface area contributed by atoms with Gasteiger partial charge in [-0.1, -0.05) is 29.8 Å². The molecule has 6 heteroatoms. The van der Waals surface area contributed by atoms with Crippen LogP contribution in [-0.2, 0) is 4.79 Å². The molecule has 2 N–H and O–H groups in total. The third-order valence-corrected chi connectivity index (χ3v) is 4.98. The number of aromatic nitrogens is 2. The summed E-state index contributed by atoms with van der Waals surface area (Å²) in [6.45, 7) is 9.50. The van der Waals surface area contributed by atoms with Gasteiger partial charge in [0.25, 0.3) is 0 Å². The van der Waals surface area contributed by atoms with E-state index in [-0.39, 0.29) is 11.8 Å². The van der Waals surface area contributed by atoms with Crippen molar-refractivity contribution in [3.05, 3.63) is 53.6 Å². The Kier molecular flexibility index (Phi) is 5.55. The van der Waals surface area contributed by atoms with E-state index in [1.807, 2.05) is 63.2 Å². The first-order chi connectivity index (χ1) is 13.7. The van der Waals surface area contributed by atoms with E-state index in [1.165, 1.54) is 11.6 Å². The lowest BCUT2D eigenvalue weighted by Gasteiger charge is -2.22. The van der Waals surface area contributed by atoms with E-state index < -0.39 is 0 Å². The number of aryl methyl sites for hydroxylation is 2. The third kappa shape index (κ3) is 3.78. The predicted molar refractivity (Wildman–Crippen MR) is 117 cm³/mol. The van der Waals surface area contributed by atoms with Crippen LogP contribution in [0.2, 0.25) is 0 Å². The van der Waals surface area contributed by atoms with Crippen molar-refractivity contribution >= 4 is 23.3 Å². The maximum atomic E-state index is 12.1. The van der Waals surface area contributed by atoms with Gasteiger partial charge in [0.1, 0.15) is 11.5 Å². The van der Waals surface area contributed by atoms with Crippen molar-refractivity contribution in [1.82, 2.24) is 9.78 Å². The van der Waals surface area contributed by atoms with Gasteiger partial charge >= 0.3 is 0 Å². The van der Waals surface area contributed by atoms with Gasteiger partial charge in [-0.05, 0) is 50.1 Å². The molecule has 0 saturated carbocycles. The Balaban J connectivity index is 2.21. The van der Waals surface area contributed by atoms with Gasteiger partial charge in [0.2, 0.25) is 11.8 Å². The molecule has 0 aliphatic carbocycles. The van der Waals surface area contributed by atoms with E-state index >= 15 is 0 Å². The van der Waals surface area contributed by atoms with E-state index in [0.717, 1.165) is 27.9 Å². The number of carbonyl (C=O) groups is 2. The second kappa shape index (κ2) is 7.91. The summed E-state index contributed by atoms with van der Waals surface area (Å²) in [5.41, 5.74) is 12.4. The van der Waals surface area contributed by atoms with Crippen molar-refractivity contribution in [1.29, 1.82) is 0 Å². The zero-order valence-corrected chi connectivity index (χ0v) is 17.5. The van der Waals surface area contributed by atoms with Gasteiger partial charge in [-0.25, -0.2) is 0 Å². The maximum Gasteiger partial charge on any atom is 0.245 e. The number of anilines is 2. The highest BCUT2D eigenvalue weighted by Crippen LogP contribution is 2.38. The van der Waals surface area contributed by atoms with Crippen LogP contribution in [0.5, 0.6) is 0 Å². The van der Waals surface area contributed by atoms with Crippen LogP contribution in [0, 0.1) is 13.8 Å². The molecule has 0 fully saturated rings. The molecule has 150 valence electrons. The number of nitrogens with zero attached hydrogens (tertiary/aromatic N) is 3. The Morgan fingerprint density at radius 2 is 1.79 bits per heavy atom. The van der Waals surface area contributed by atoms with Crippen molar-refractivity contribution in [2.45, 2.75) is 34.6 Å². The van der Waals surface area contributed by atoms with Crippen molar-refractivity contribution in [2.24, 2.45) is 0 Å². The summed E-state index contributed by atoms with van der Waals surface area (Å²) in [6.07, 6.45) is 0. The molecule has 0 spiro atoms. The second-order valence-electron chi connectivity index (χ2n) is 7.17. The molecule has 0 saturated heterocycles. The van der Waals surface area contributed by atoms with Gasteiger partial charge in [0.05, 0.1) is 5.56 Å². The third-order valence-electron chi connectivity index (χ3n) is 4.98. The molecule has 0 bridgehead atoms. The zero-order chi connectivity index (χ0) is 21.3. The molecule has 3 rings (SSSR count). The minimum Gasteiger partial charge on any atom is -0.383 e. The first-order valence-electron chi connectivity index (χ1n) is 9.60. The molecule has 0 radical (unpaired) electrons. The molecular weight excluding hydrogens is 364 g/mol. The standard InChI is InChI=1S/C23H26N4O2/c1-6-26(16(4)28)20-11-10-18(13-15(20)3)21-22(19-9-7-8-14(2)12-19)25-27(17(5)29)23(21)24/h7-13H,6,24H2,1-5H3. The Morgan fingerprint density at radius 1 is 1.07 bits per heavy atom. The molecular formula is C23H26N4O2. The largest absolute Gasteiger partial charge is 0.383 e. The molecule has 0 unspecified atom stereocenters. The monoisotopic (exact) mass is 390 g/mol. The van der Waals surface area contributed by atoms with Gasteiger partial charge in [-0.3, -0.25) is 9.59 Å². The Morgan fingerprint density at radius 3 is 2.34 bits per heavy atom. The molecule has 1 heterocycles. The zero-order valence-electron chi connectivity index (χ0n) is 17.5. The summed E-state index contributed by atoms with van der Waals surface area (Å²) in [4.78, 5) is 25.7. The van der Waals surface area contributed by atoms with E-state index in [1.54, 1.807) is 11.8 Å². The van der Waals surface area contributed by atoms with Gasteiger partial charge in [-0.15, -0.1) is 0 Å². The average molecular weight is 390 g/mol. The van der Waals surface area contributed by atoms with Crippen LogP contribution in [-0.4, -0.2) is 28.1 Å². The number of benzene rings is 2. The summed E-state index contributed by atoms with van der Waals surface area (Å²) >= 11 is 0. The topological polar surface area (TPSA) is 81.2 Å². The van der Waals surface area contributed by atoms with Crippen molar-refractivity contribution < 1.29 is 9.59 Å². The first-order valence-corrected chi connectivity index (χ1v) is 9.60. The molecule has 0 aliphatic rings. The molecule has 0 aliphatic heterocycles. The van der Waals surface area contributed by atoms with Crippen molar-refractivity contribution in [3.63, 3.8) is 0 Å². The molecule has 1 amide bonds. The quantitative estimate of drug-likeness (QED) is 0.714. The minimum absolute atomic E-state index is 0.00675. The van der Waals surface area contributed by atoms with Gasteiger partial charge < -0.3 is 10.6 Å². The molecule has 0 atom stereocenters. The molecule has 1 aromatic heterocycles. The molecule has 29 heavy (non-hydrogen) atoms. The fourth-order valence-corrected chi connectivity index (χ4v) is 3.63. The van der Waals surface area contributed by atoms with Crippen molar-refractivity contribution in [2.75, 3.05) is 17.2 Å².